The SMILES string of the molecule is COCC(F)(F)COc1nn(COCC[Si](C)(C)C)cc1[N+](=O)[O-]. The summed E-state index contributed by atoms with van der Waals surface area (Å²) in [6.07, 6.45) is 1.10. The highest BCUT2D eigenvalue weighted by molar-refractivity contribution is 6.76. The van der Waals surface area contributed by atoms with Crippen LogP contribution in [-0.4, -0.2) is 55.6 Å². The van der Waals surface area contributed by atoms with E-state index in [0.29, 0.717) is 6.61 Å². The van der Waals surface area contributed by atoms with Gasteiger partial charge in [-0.05, 0) is 6.04 Å². The minimum Gasteiger partial charge on any atom is -0.465 e. The van der Waals surface area contributed by atoms with Crippen LogP contribution in [0.4, 0.5) is 14.5 Å². The molecule has 1 aromatic heterocycles. The molecule has 11 heteroatoms. The summed E-state index contributed by atoms with van der Waals surface area (Å²) in [6.45, 7) is 5.18. The van der Waals surface area contributed by atoms with Crippen LogP contribution >= 0.6 is 0 Å². The van der Waals surface area contributed by atoms with Gasteiger partial charge in [-0.15, -0.1) is 5.10 Å². The van der Waals surface area contributed by atoms with E-state index in [4.69, 9.17) is 9.47 Å². The van der Waals surface area contributed by atoms with Crippen molar-refractivity contribution in [2.24, 2.45) is 0 Å². The van der Waals surface area contributed by atoms with Crippen LogP contribution in [0.15, 0.2) is 6.20 Å². The summed E-state index contributed by atoms with van der Waals surface area (Å²) in [5.74, 6) is -3.73. The predicted molar refractivity (Wildman–Crippen MR) is 85.3 cm³/mol. The Hall–Kier alpha value is -1.59. The summed E-state index contributed by atoms with van der Waals surface area (Å²) in [4.78, 5) is 10.2. The highest BCUT2D eigenvalue weighted by Crippen LogP contribution is 2.26. The van der Waals surface area contributed by atoms with Crippen LogP contribution < -0.4 is 4.74 Å². The van der Waals surface area contributed by atoms with Gasteiger partial charge in [0.2, 0.25) is 0 Å². The van der Waals surface area contributed by atoms with Crippen molar-refractivity contribution in [3.05, 3.63) is 16.3 Å². The molecule has 0 radical (unpaired) electrons. The number of aromatic nitrogens is 2. The van der Waals surface area contributed by atoms with Crippen molar-refractivity contribution < 1.29 is 27.9 Å². The average molecular weight is 367 g/mol. The monoisotopic (exact) mass is 367 g/mol. The molecule has 0 aliphatic heterocycles. The normalized spacial score (nSPS) is 12.4. The maximum atomic E-state index is 13.3. The van der Waals surface area contributed by atoms with Crippen LogP contribution in [0, 0.1) is 10.1 Å². The van der Waals surface area contributed by atoms with E-state index in [-0.39, 0.29) is 6.73 Å². The van der Waals surface area contributed by atoms with E-state index in [1.165, 1.54) is 0 Å². The maximum absolute atomic E-state index is 13.3. The molecule has 0 fully saturated rings. The molecule has 0 N–H and O–H groups in total. The molecule has 0 bridgehead atoms. The summed E-state index contributed by atoms with van der Waals surface area (Å²) >= 11 is 0. The molecule has 138 valence electrons. The summed E-state index contributed by atoms with van der Waals surface area (Å²) in [5.41, 5.74) is -0.489. The second-order valence-corrected chi connectivity index (χ2v) is 12.2. The van der Waals surface area contributed by atoms with Crippen LogP contribution in [0.25, 0.3) is 0 Å². The van der Waals surface area contributed by atoms with Crippen LogP contribution in [0.5, 0.6) is 5.88 Å². The summed E-state index contributed by atoms with van der Waals surface area (Å²) in [7, 11) is -0.116. The van der Waals surface area contributed by atoms with E-state index in [9.17, 15) is 18.9 Å². The molecule has 0 unspecified atom stereocenters. The average Bonchev–Trinajstić information content (AvgIpc) is 2.84. The minimum atomic E-state index is -3.26. The van der Waals surface area contributed by atoms with Crippen molar-refractivity contribution in [2.75, 3.05) is 26.9 Å². The van der Waals surface area contributed by atoms with Gasteiger partial charge in [0.25, 0.3) is 0 Å². The van der Waals surface area contributed by atoms with Crippen LogP contribution in [0.1, 0.15) is 0 Å². The topological polar surface area (TPSA) is 88.7 Å². The van der Waals surface area contributed by atoms with Crippen LogP contribution in [-0.2, 0) is 16.2 Å². The Morgan fingerprint density at radius 3 is 2.58 bits per heavy atom. The first-order valence-corrected chi connectivity index (χ1v) is 11.0. The van der Waals surface area contributed by atoms with Gasteiger partial charge in [0.1, 0.15) is 19.5 Å². The zero-order chi connectivity index (χ0) is 18.4. The standard InChI is InChI=1S/C13H23F2N3O5Si/c1-21-8-13(14,15)9-23-12-11(18(19)20)7-17(16-12)10-22-5-6-24(2,3)4/h7H,5-6,8-10H2,1-4H3. The maximum Gasteiger partial charge on any atom is 0.350 e. The fourth-order valence-electron chi connectivity index (χ4n) is 1.65. The predicted octanol–water partition coefficient (Wildman–Crippen LogP) is 2.76. The van der Waals surface area contributed by atoms with Crippen molar-refractivity contribution >= 4 is 13.8 Å². The molecule has 0 saturated carbocycles. The van der Waals surface area contributed by atoms with Crippen molar-refractivity contribution in [2.45, 2.75) is 38.3 Å². The van der Waals surface area contributed by atoms with Gasteiger partial charge in [0, 0.05) is 21.8 Å². The first-order valence-electron chi connectivity index (χ1n) is 7.33. The van der Waals surface area contributed by atoms with Crippen LogP contribution in [0.3, 0.4) is 0 Å². The third-order valence-electron chi connectivity index (χ3n) is 2.90. The first kappa shape index (κ1) is 20.5. The number of ether oxygens (including phenoxy) is 3. The molecule has 0 atom stereocenters. The zero-order valence-corrected chi connectivity index (χ0v) is 15.3. The molecular weight excluding hydrogens is 344 g/mol. The molecule has 1 aromatic rings. The molecule has 24 heavy (non-hydrogen) atoms. The smallest absolute Gasteiger partial charge is 0.350 e. The Kier molecular flexibility index (Phi) is 7.23. The van der Waals surface area contributed by atoms with Gasteiger partial charge in [-0.1, -0.05) is 19.6 Å². The molecular formula is C13H23F2N3O5Si. The quantitative estimate of drug-likeness (QED) is 0.259. The summed E-state index contributed by atoms with van der Waals surface area (Å²) in [6, 6.07) is 0.933. The molecule has 1 rings (SSSR count). The second-order valence-electron chi connectivity index (χ2n) is 6.54. The lowest BCUT2D eigenvalue weighted by atomic mass is 10.4. The van der Waals surface area contributed by atoms with E-state index >= 15 is 0 Å². The van der Waals surface area contributed by atoms with E-state index < -0.39 is 43.7 Å². The molecule has 0 aliphatic carbocycles. The fourth-order valence-corrected chi connectivity index (χ4v) is 2.41. The number of alkyl halides is 2. The van der Waals surface area contributed by atoms with Gasteiger partial charge < -0.3 is 14.2 Å². The highest BCUT2D eigenvalue weighted by atomic mass is 28.3. The lowest BCUT2D eigenvalue weighted by molar-refractivity contribution is -0.386. The number of hydrogen-bond donors (Lipinski definition) is 0. The molecule has 0 saturated heterocycles. The second kappa shape index (κ2) is 8.49. The Morgan fingerprint density at radius 1 is 1.38 bits per heavy atom. The molecule has 0 aromatic carbocycles. The Balaban J connectivity index is 2.65. The van der Waals surface area contributed by atoms with E-state index in [1.807, 2.05) is 0 Å². The first-order chi connectivity index (χ1) is 11.0. The molecule has 8 nitrogen and oxygen atoms in total. The largest absolute Gasteiger partial charge is 0.465 e. The van der Waals surface area contributed by atoms with E-state index in [1.54, 1.807) is 0 Å². The molecule has 0 amide bonds. The Morgan fingerprint density at radius 2 is 2.04 bits per heavy atom. The lowest BCUT2D eigenvalue weighted by Crippen LogP contribution is -2.31. The van der Waals surface area contributed by atoms with Crippen molar-refractivity contribution in [3.63, 3.8) is 0 Å². The third-order valence-corrected chi connectivity index (χ3v) is 4.61. The molecule has 0 spiro atoms. The van der Waals surface area contributed by atoms with Crippen molar-refractivity contribution in [3.8, 4) is 5.88 Å². The number of rotatable bonds is 11. The van der Waals surface area contributed by atoms with E-state index in [2.05, 4.69) is 29.5 Å². The van der Waals surface area contributed by atoms with Gasteiger partial charge in [-0.3, -0.25) is 10.1 Å². The van der Waals surface area contributed by atoms with Crippen LogP contribution in [0.2, 0.25) is 25.7 Å². The lowest BCUT2D eigenvalue weighted by Gasteiger charge is -2.15. The van der Waals surface area contributed by atoms with Gasteiger partial charge in [0.05, 0.1) is 4.92 Å². The third kappa shape index (κ3) is 7.32. The number of halogens is 2. The van der Waals surface area contributed by atoms with E-state index in [0.717, 1.165) is 24.0 Å². The molecule has 0 aliphatic rings. The van der Waals surface area contributed by atoms with Gasteiger partial charge >= 0.3 is 17.5 Å². The fraction of sp³-hybridized carbons (Fsp3) is 0.769. The van der Waals surface area contributed by atoms with Crippen molar-refractivity contribution in [1.82, 2.24) is 9.78 Å². The Labute approximate surface area is 139 Å². The van der Waals surface area contributed by atoms with Gasteiger partial charge in [0.15, 0.2) is 6.61 Å². The van der Waals surface area contributed by atoms with Gasteiger partial charge in [-0.2, -0.15) is 0 Å². The highest BCUT2D eigenvalue weighted by Gasteiger charge is 2.32. The van der Waals surface area contributed by atoms with Crippen molar-refractivity contribution in [1.29, 1.82) is 0 Å². The minimum absolute atomic E-state index is 0.0108. The number of methoxy groups -OCH3 is 1. The summed E-state index contributed by atoms with van der Waals surface area (Å²) in [5, 5.41) is 14.8. The Bertz CT molecular complexity index is 548. The number of nitrogens with zero attached hydrogens (tertiary/aromatic N) is 3. The van der Waals surface area contributed by atoms with Gasteiger partial charge in [-0.25, -0.2) is 13.5 Å². The number of hydrogen-bond acceptors (Lipinski definition) is 6. The molecule has 1 heterocycles. The summed E-state index contributed by atoms with van der Waals surface area (Å²) < 4.78 is 42.4. The zero-order valence-electron chi connectivity index (χ0n) is 14.3. The number of nitro groups is 1.